The molecule has 2 atom stereocenters. The van der Waals surface area contributed by atoms with Gasteiger partial charge in [0.2, 0.25) is 0 Å². The first-order valence-electron chi connectivity index (χ1n) is 10.9. The Morgan fingerprint density at radius 1 is 0.800 bits per heavy atom. The van der Waals surface area contributed by atoms with Crippen molar-refractivity contribution >= 4 is 17.5 Å². The number of carbonyl (C=O) groups is 3. The lowest BCUT2D eigenvalue weighted by Crippen LogP contribution is -2.54. The summed E-state index contributed by atoms with van der Waals surface area (Å²) in [5.74, 6) is -0.988. The molecule has 176 valence electrons. The molecule has 0 amide bonds. The van der Waals surface area contributed by atoms with E-state index >= 15 is 0 Å². The zero-order valence-electron chi connectivity index (χ0n) is 21.0. The largest absolute Gasteiger partial charge is 0.481 e. The molecule has 0 rings (SSSR count). The highest BCUT2D eigenvalue weighted by Crippen LogP contribution is 2.39. The summed E-state index contributed by atoms with van der Waals surface area (Å²) in [6.45, 7) is 20.3. The summed E-state index contributed by atoms with van der Waals surface area (Å²) < 4.78 is 12.2. The predicted octanol–water partition coefficient (Wildman–Crippen LogP) is 5.21. The molecule has 1 N–H and O–H groups in total. The van der Waals surface area contributed by atoms with E-state index in [1.165, 1.54) is 0 Å². The van der Waals surface area contributed by atoms with Gasteiger partial charge in [-0.05, 0) is 60.8 Å². The minimum Gasteiger partial charge on any atom is -0.481 e. The van der Waals surface area contributed by atoms with Crippen molar-refractivity contribution in [2.75, 3.05) is 0 Å². The number of hydrogen-bond donors (Lipinski definition) is 1. The molecule has 0 saturated carbocycles. The maximum absolute atomic E-state index is 13.2. The number of carbonyl (C=O) groups excluding carboxylic acids is 2. The number of hydrogen-bond acceptors (Lipinski definition) is 5. The molecule has 30 heavy (non-hydrogen) atoms. The number of carboxylic acids is 1. The Kier molecular flexibility index (Phi) is 9.92. The van der Waals surface area contributed by atoms with Crippen LogP contribution in [0, 0.1) is 10.8 Å². The van der Waals surface area contributed by atoms with Gasteiger partial charge >= 0.3 is 5.97 Å². The van der Waals surface area contributed by atoms with Crippen LogP contribution in [-0.4, -0.2) is 46.1 Å². The highest BCUT2D eigenvalue weighted by Gasteiger charge is 2.48. The van der Waals surface area contributed by atoms with E-state index in [-0.39, 0.29) is 18.0 Å². The van der Waals surface area contributed by atoms with E-state index in [0.29, 0.717) is 19.3 Å². The number of ketones is 2. The zero-order valence-corrected chi connectivity index (χ0v) is 21.0. The Hall–Kier alpha value is -1.27. The lowest BCUT2D eigenvalue weighted by atomic mass is 9.71. The second-order valence-electron chi connectivity index (χ2n) is 11.2. The van der Waals surface area contributed by atoms with E-state index in [9.17, 15) is 14.4 Å². The van der Waals surface area contributed by atoms with Crippen LogP contribution in [0.1, 0.15) is 102 Å². The fourth-order valence-corrected chi connectivity index (χ4v) is 3.22. The summed E-state index contributed by atoms with van der Waals surface area (Å²) in [5, 5.41) is 8.86. The van der Waals surface area contributed by atoms with Crippen molar-refractivity contribution in [2.45, 2.75) is 125 Å². The third kappa shape index (κ3) is 8.84. The minimum absolute atomic E-state index is 0.0480. The standard InChI is InChI=1S/C24H44O6/c1-16(29-22(5,6)7)19(27)23(8,9)24(10,11)30-17(20(28)21(2,3)4)14-12-13-15-18(25)26/h16-17H,12-15H2,1-11H3,(H,25,26). The molecular weight excluding hydrogens is 384 g/mol. The predicted molar refractivity (Wildman–Crippen MR) is 119 cm³/mol. The van der Waals surface area contributed by atoms with E-state index in [1.54, 1.807) is 6.92 Å². The molecule has 0 heterocycles. The topological polar surface area (TPSA) is 89.9 Å². The Bertz CT molecular complexity index is 604. The van der Waals surface area contributed by atoms with Crippen molar-refractivity contribution in [3.8, 4) is 0 Å². The van der Waals surface area contributed by atoms with Crippen LogP contribution in [0.4, 0.5) is 0 Å². The first kappa shape index (κ1) is 28.7. The number of aliphatic carboxylic acids is 1. The third-order valence-electron chi connectivity index (χ3n) is 5.60. The fraction of sp³-hybridized carbons (Fsp3) is 0.875. The Balaban J connectivity index is 5.56. The molecule has 0 aliphatic rings. The van der Waals surface area contributed by atoms with Crippen LogP contribution in [0.2, 0.25) is 0 Å². The summed E-state index contributed by atoms with van der Waals surface area (Å²) in [6, 6.07) is 0. The van der Waals surface area contributed by atoms with Crippen LogP contribution >= 0.6 is 0 Å². The maximum atomic E-state index is 13.2. The summed E-state index contributed by atoms with van der Waals surface area (Å²) >= 11 is 0. The third-order valence-corrected chi connectivity index (χ3v) is 5.60. The molecule has 6 heteroatoms. The lowest BCUT2D eigenvalue weighted by Gasteiger charge is -2.44. The highest BCUT2D eigenvalue weighted by molar-refractivity contribution is 5.90. The maximum Gasteiger partial charge on any atom is 0.303 e. The van der Waals surface area contributed by atoms with E-state index in [0.717, 1.165) is 0 Å². The molecule has 0 aromatic rings. The van der Waals surface area contributed by atoms with Crippen LogP contribution in [-0.2, 0) is 23.9 Å². The van der Waals surface area contributed by atoms with Gasteiger partial charge in [0.15, 0.2) is 11.6 Å². The molecule has 0 aliphatic carbocycles. The van der Waals surface area contributed by atoms with Crippen LogP contribution < -0.4 is 0 Å². The molecule has 0 aliphatic heterocycles. The summed E-state index contributed by atoms with van der Waals surface area (Å²) in [5.41, 5.74) is -2.90. The molecule has 0 spiro atoms. The Labute approximate surface area is 183 Å². The first-order chi connectivity index (χ1) is 13.2. The molecule has 0 radical (unpaired) electrons. The second kappa shape index (κ2) is 10.4. The normalized spacial score (nSPS) is 15.6. The molecular formula is C24H44O6. The van der Waals surface area contributed by atoms with Crippen LogP contribution in [0.3, 0.4) is 0 Å². The van der Waals surface area contributed by atoms with Gasteiger partial charge in [-0.1, -0.05) is 34.6 Å². The molecule has 0 saturated heterocycles. The molecule has 0 fully saturated rings. The van der Waals surface area contributed by atoms with Gasteiger partial charge in [0.1, 0.15) is 12.2 Å². The first-order valence-corrected chi connectivity index (χ1v) is 10.9. The van der Waals surface area contributed by atoms with Gasteiger partial charge in [-0.15, -0.1) is 0 Å². The van der Waals surface area contributed by atoms with Gasteiger partial charge in [-0.3, -0.25) is 14.4 Å². The number of carboxylic acid groups (broad SMARTS) is 1. The van der Waals surface area contributed by atoms with Crippen LogP contribution in [0.25, 0.3) is 0 Å². The van der Waals surface area contributed by atoms with Crippen molar-refractivity contribution < 1.29 is 29.0 Å². The Morgan fingerprint density at radius 3 is 1.70 bits per heavy atom. The molecule has 2 unspecified atom stereocenters. The van der Waals surface area contributed by atoms with Gasteiger partial charge < -0.3 is 14.6 Å². The van der Waals surface area contributed by atoms with E-state index in [4.69, 9.17) is 14.6 Å². The quantitative estimate of drug-likeness (QED) is 0.429. The van der Waals surface area contributed by atoms with Crippen LogP contribution in [0.15, 0.2) is 0 Å². The lowest BCUT2D eigenvalue weighted by molar-refractivity contribution is -0.181. The van der Waals surface area contributed by atoms with Gasteiger partial charge in [0, 0.05) is 11.8 Å². The molecule has 0 aromatic heterocycles. The van der Waals surface area contributed by atoms with Crippen molar-refractivity contribution in [1.82, 2.24) is 0 Å². The van der Waals surface area contributed by atoms with E-state index in [2.05, 4.69) is 0 Å². The van der Waals surface area contributed by atoms with E-state index in [1.807, 2.05) is 69.2 Å². The number of ether oxygens (including phenoxy) is 2. The zero-order chi connectivity index (χ0) is 24.1. The molecule has 0 bridgehead atoms. The van der Waals surface area contributed by atoms with Crippen molar-refractivity contribution in [2.24, 2.45) is 10.8 Å². The Morgan fingerprint density at radius 2 is 1.30 bits per heavy atom. The van der Waals surface area contributed by atoms with Crippen molar-refractivity contribution in [3.63, 3.8) is 0 Å². The second-order valence-corrected chi connectivity index (χ2v) is 11.2. The summed E-state index contributed by atoms with van der Waals surface area (Å²) in [7, 11) is 0. The minimum atomic E-state index is -0.933. The molecule has 0 aromatic carbocycles. The monoisotopic (exact) mass is 428 g/mol. The van der Waals surface area contributed by atoms with Gasteiger partial charge in [-0.2, -0.15) is 0 Å². The van der Waals surface area contributed by atoms with Crippen molar-refractivity contribution in [1.29, 1.82) is 0 Å². The van der Waals surface area contributed by atoms with Crippen molar-refractivity contribution in [3.05, 3.63) is 0 Å². The summed E-state index contributed by atoms with van der Waals surface area (Å²) in [4.78, 5) is 37.0. The number of unbranched alkanes of at least 4 members (excludes halogenated alkanes) is 1. The van der Waals surface area contributed by atoms with Gasteiger partial charge in [0.25, 0.3) is 0 Å². The smallest absolute Gasteiger partial charge is 0.303 e. The average Bonchev–Trinajstić information content (AvgIpc) is 2.53. The average molecular weight is 429 g/mol. The summed E-state index contributed by atoms with van der Waals surface area (Å²) in [6.07, 6.45) is 0.199. The van der Waals surface area contributed by atoms with Gasteiger partial charge in [-0.25, -0.2) is 0 Å². The molecule has 6 nitrogen and oxygen atoms in total. The SMILES string of the molecule is CC(OC(C)(C)C)C(=O)C(C)(C)C(C)(C)OC(CCCCC(=O)O)C(=O)C(C)(C)C. The van der Waals surface area contributed by atoms with Crippen LogP contribution in [0.5, 0.6) is 0 Å². The van der Waals surface area contributed by atoms with Gasteiger partial charge in [0.05, 0.1) is 16.6 Å². The fourth-order valence-electron chi connectivity index (χ4n) is 3.22. The number of Topliss-reactive ketones (excluding diaryl/α,β-unsaturated/α-hetero) is 2. The number of rotatable bonds is 12. The van der Waals surface area contributed by atoms with E-state index < -0.39 is 40.2 Å². The highest BCUT2D eigenvalue weighted by atomic mass is 16.5.